The summed E-state index contributed by atoms with van der Waals surface area (Å²) in [5.74, 6) is 1.86. The highest BCUT2D eigenvalue weighted by molar-refractivity contribution is 8.01. The fourth-order valence-corrected chi connectivity index (χ4v) is 15.5. The Kier molecular flexibility index (Phi) is 9.96. The van der Waals surface area contributed by atoms with Crippen LogP contribution in [0, 0.1) is 0 Å². The number of hydrogen-bond acceptors (Lipinski definition) is 4. The van der Waals surface area contributed by atoms with E-state index in [1.54, 1.807) is 0 Å². The van der Waals surface area contributed by atoms with Gasteiger partial charge in [-0.1, -0.05) is 252 Å². The van der Waals surface area contributed by atoms with Crippen molar-refractivity contribution < 1.29 is 4.74 Å². The van der Waals surface area contributed by atoms with Gasteiger partial charge in [0.25, 0.3) is 6.71 Å². The number of rotatable bonds is 6. The van der Waals surface area contributed by atoms with Crippen LogP contribution in [0.4, 0.5) is 0 Å². The van der Waals surface area contributed by atoms with Crippen molar-refractivity contribution in [3.63, 3.8) is 0 Å². The Balaban J connectivity index is 0.930. The van der Waals surface area contributed by atoms with Gasteiger partial charge in [0, 0.05) is 29.4 Å². The first-order valence-electron chi connectivity index (χ1n) is 24.6. The van der Waals surface area contributed by atoms with E-state index < -0.39 is 0 Å². The summed E-state index contributed by atoms with van der Waals surface area (Å²) in [6.07, 6.45) is 0. The molecule has 0 radical (unpaired) electrons. The van der Waals surface area contributed by atoms with Gasteiger partial charge in [0.2, 0.25) is 6.71 Å². The molecule has 0 aromatic heterocycles. The predicted octanol–water partition coefficient (Wildman–Crippen LogP) is 14.2. The second-order valence-electron chi connectivity index (χ2n) is 19.0. The third kappa shape index (κ3) is 6.77. The molecule has 6 heteroatoms. The summed E-state index contributed by atoms with van der Waals surface area (Å²) in [4.78, 5) is 7.73. The second kappa shape index (κ2) is 17.0. The summed E-state index contributed by atoms with van der Waals surface area (Å²) in [7, 11) is 0. The van der Waals surface area contributed by atoms with Gasteiger partial charge in [0.15, 0.2) is 0 Å². The highest BCUT2D eigenvalue weighted by Crippen LogP contribution is 2.49. The van der Waals surface area contributed by atoms with Crippen LogP contribution in [0.1, 0.15) is 0 Å². The van der Waals surface area contributed by atoms with E-state index in [1.165, 1.54) is 123 Å². The molecule has 334 valence electrons. The van der Waals surface area contributed by atoms with Crippen molar-refractivity contribution in [3.8, 4) is 78.3 Å². The standard InChI is InChI=1S/C66H40B2OS3/c1-5-19-41(20-6-1)47-27-17-28-48(42-21-7-2-8-22-42)63(47)45-35-56-65-60(36-45)70-57-33-15-13-31-51(57)67(65)53-39-54-59(40-55(53)69-56)72-62-38-46(37-61-66(62)68(54)52-32-14-16-34-58(52)71-61)64-49(43-23-9-3-10-24-43)29-18-30-50(64)44-25-11-4-12-26-44/h1-40H. The lowest BCUT2D eigenvalue weighted by Crippen LogP contribution is -2.62. The zero-order valence-corrected chi connectivity index (χ0v) is 41.3. The molecule has 0 N–H and O–H groups in total. The summed E-state index contributed by atoms with van der Waals surface area (Å²) in [6.45, 7) is 0.0872. The first-order chi connectivity index (χ1) is 35.7. The number of hydrogen-bond donors (Lipinski definition) is 0. The van der Waals surface area contributed by atoms with Crippen LogP contribution in [-0.2, 0) is 0 Å². The molecule has 0 spiro atoms. The molecule has 0 saturated carbocycles. The molecule has 4 heterocycles. The van der Waals surface area contributed by atoms with Gasteiger partial charge in [-0.15, -0.1) is 0 Å². The molecule has 15 rings (SSSR count). The third-order valence-electron chi connectivity index (χ3n) is 14.9. The van der Waals surface area contributed by atoms with E-state index in [0.717, 1.165) is 17.1 Å². The fourth-order valence-electron chi connectivity index (χ4n) is 11.8. The molecular weight excluding hydrogens is 927 g/mol. The van der Waals surface area contributed by atoms with E-state index in [2.05, 4.69) is 243 Å². The maximum Gasteiger partial charge on any atom is 0.253 e. The van der Waals surface area contributed by atoms with Gasteiger partial charge in [-0.3, -0.25) is 0 Å². The molecule has 4 aliphatic heterocycles. The van der Waals surface area contributed by atoms with Crippen molar-refractivity contribution in [1.29, 1.82) is 0 Å². The molecule has 0 bridgehead atoms. The summed E-state index contributed by atoms with van der Waals surface area (Å²) in [5, 5.41) is 0. The predicted molar refractivity (Wildman–Crippen MR) is 307 cm³/mol. The van der Waals surface area contributed by atoms with Crippen molar-refractivity contribution in [3.05, 3.63) is 243 Å². The van der Waals surface area contributed by atoms with Crippen molar-refractivity contribution in [2.24, 2.45) is 0 Å². The Morgan fingerprint density at radius 2 is 0.639 bits per heavy atom. The van der Waals surface area contributed by atoms with Gasteiger partial charge >= 0.3 is 0 Å². The average Bonchev–Trinajstić information content (AvgIpc) is 3.45. The molecular formula is C66H40B2OS3. The first kappa shape index (κ1) is 42.1. The molecule has 72 heavy (non-hydrogen) atoms. The van der Waals surface area contributed by atoms with E-state index in [0.29, 0.717) is 0 Å². The highest BCUT2D eigenvalue weighted by Gasteiger charge is 2.44. The quantitative estimate of drug-likeness (QED) is 0.154. The van der Waals surface area contributed by atoms with Crippen LogP contribution < -0.4 is 37.5 Å². The van der Waals surface area contributed by atoms with Crippen LogP contribution in [0.2, 0.25) is 0 Å². The monoisotopic (exact) mass is 966 g/mol. The molecule has 0 atom stereocenters. The smallest absolute Gasteiger partial charge is 0.253 e. The topological polar surface area (TPSA) is 9.23 Å². The highest BCUT2D eigenvalue weighted by atomic mass is 32.2. The van der Waals surface area contributed by atoms with Crippen LogP contribution in [0.25, 0.3) is 66.8 Å². The van der Waals surface area contributed by atoms with Gasteiger partial charge in [-0.05, 0) is 126 Å². The molecule has 0 aliphatic carbocycles. The molecule has 11 aromatic rings. The van der Waals surface area contributed by atoms with Gasteiger partial charge in [0.1, 0.15) is 11.5 Å². The van der Waals surface area contributed by atoms with Gasteiger partial charge in [0.05, 0.1) is 0 Å². The Morgan fingerprint density at radius 1 is 0.250 bits per heavy atom. The van der Waals surface area contributed by atoms with Crippen LogP contribution in [0.15, 0.2) is 272 Å². The average molecular weight is 967 g/mol. The lowest BCUT2D eigenvalue weighted by molar-refractivity contribution is 0.485. The van der Waals surface area contributed by atoms with E-state index >= 15 is 0 Å². The molecule has 1 nitrogen and oxygen atoms in total. The summed E-state index contributed by atoms with van der Waals surface area (Å²) >= 11 is 5.70. The summed E-state index contributed by atoms with van der Waals surface area (Å²) < 4.78 is 7.41. The SMILES string of the molecule is c1ccc(-c2cccc(-c3ccccc3)c2-c2cc3c4c(c2)Sc2ccccc2B4c2cc4c(cc2O3)Sc2cc(-c3c(-c5ccccc5)cccc3-c3ccccc3)cc3c2B4c2ccccc2S3)cc1. The maximum absolute atomic E-state index is 7.41. The molecule has 0 unspecified atom stereocenters. The summed E-state index contributed by atoms with van der Waals surface area (Å²) in [5.41, 5.74) is 22.5. The molecule has 0 fully saturated rings. The largest absolute Gasteiger partial charge is 0.458 e. The van der Waals surface area contributed by atoms with E-state index in [-0.39, 0.29) is 13.4 Å². The second-order valence-corrected chi connectivity index (χ2v) is 22.2. The fraction of sp³-hybridized carbons (Fsp3) is 0. The maximum atomic E-state index is 7.41. The van der Waals surface area contributed by atoms with E-state index in [1.807, 2.05) is 35.3 Å². The van der Waals surface area contributed by atoms with Crippen molar-refractivity contribution in [1.82, 2.24) is 0 Å². The van der Waals surface area contributed by atoms with Gasteiger partial charge in [-0.25, -0.2) is 0 Å². The van der Waals surface area contributed by atoms with Crippen molar-refractivity contribution in [2.75, 3.05) is 0 Å². The summed E-state index contributed by atoms with van der Waals surface area (Å²) in [6, 6.07) is 89.7. The zero-order valence-electron chi connectivity index (χ0n) is 38.9. The van der Waals surface area contributed by atoms with Crippen molar-refractivity contribution in [2.45, 2.75) is 29.4 Å². The number of ether oxygens (including phenoxy) is 1. The minimum absolute atomic E-state index is 0.0147. The van der Waals surface area contributed by atoms with Crippen molar-refractivity contribution >= 4 is 81.5 Å². The minimum Gasteiger partial charge on any atom is -0.458 e. The van der Waals surface area contributed by atoms with Crippen LogP contribution in [-0.4, -0.2) is 13.4 Å². The minimum atomic E-state index is 0.0147. The molecule has 11 aromatic carbocycles. The third-order valence-corrected chi connectivity index (χ3v) is 18.4. The Morgan fingerprint density at radius 3 is 1.11 bits per heavy atom. The Hall–Kier alpha value is -7.60. The van der Waals surface area contributed by atoms with E-state index in [9.17, 15) is 0 Å². The van der Waals surface area contributed by atoms with Crippen LogP contribution in [0.3, 0.4) is 0 Å². The zero-order chi connectivity index (χ0) is 47.3. The molecule has 0 saturated heterocycles. The first-order valence-corrected chi connectivity index (χ1v) is 27.1. The lowest BCUT2D eigenvalue weighted by atomic mass is 9.32. The normalized spacial score (nSPS) is 13.2. The molecule has 0 amide bonds. The van der Waals surface area contributed by atoms with Gasteiger partial charge < -0.3 is 4.74 Å². The number of fused-ring (bicyclic) bond motifs is 8. The van der Waals surface area contributed by atoms with Gasteiger partial charge in [-0.2, -0.15) is 0 Å². The molecule has 4 aliphatic rings. The van der Waals surface area contributed by atoms with E-state index in [4.69, 9.17) is 4.74 Å². The van der Waals surface area contributed by atoms with Crippen LogP contribution >= 0.6 is 35.3 Å². The van der Waals surface area contributed by atoms with Crippen LogP contribution in [0.5, 0.6) is 11.5 Å². The lowest BCUT2D eigenvalue weighted by Gasteiger charge is -2.37. The Labute approximate surface area is 433 Å². The number of benzene rings is 11. The Bertz CT molecular complexity index is 3620.